The number of methoxy groups -OCH3 is 1. The average molecular weight is 266 g/mol. The van der Waals surface area contributed by atoms with Crippen molar-refractivity contribution in [1.29, 1.82) is 0 Å². The quantitative estimate of drug-likeness (QED) is 0.650. The summed E-state index contributed by atoms with van der Waals surface area (Å²) in [6.45, 7) is 2.27. The molecule has 0 amide bonds. The highest BCUT2D eigenvalue weighted by molar-refractivity contribution is 5.23. The number of hydrogen-bond acceptors (Lipinski definition) is 3. The third kappa shape index (κ3) is 2.96. The minimum atomic E-state index is -0.293. The minimum absolute atomic E-state index is 0.106. The summed E-state index contributed by atoms with van der Waals surface area (Å²) in [5.74, 6) is 6.24. The molecule has 1 aromatic carbocycles. The molecule has 1 saturated carbocycles. The van der Waals surface area contributed by atoms with E-state index >= 15 is 0 Å². The number of ether oxygens (including phenoxy) is 1. The van der Waals surface area contributed by atoms with Gasteiger partial charge in [-0.2, -0.15) is 0 Å². The summed E-state index contributed by atoms with van der Waals surface area (Å²) >= 11 is 0. The van der Waals surface area contributed by atoms with Crippen molar-refractivity contribution in [2.45, 2.75) is 44.2 Å². The van der Waals surface area contributed by atoms with E-state index in [0.29, 0.717) is 0 Å². The van der Waals surface area contributed by atoms with Crippen LogP contribution in [0.5, 0.6) is 0 Å². The van der Waals surface area contributed by atoms with E-state index in [1.54, 1.807) is 19.2 Å². The Bertz CT molecular complexity index is 399. The van der Waals surface area contributed by atoms with Gasteiger partial charge >= 0.3 is 0 Å². The smallest absolute Gasteiger partial charge is 0.123 e. The van der Waals surface area contributed by atoms with Crippen molar-refractivity contribution >= 4 is 0 Å². The summed E-state index contributed by atoms with van der Waals surface area (Å²) in [7, 11) is 1.74. The predicted molar refractivity (Wildman–Crippen MR) is 73.8 cm³/mol. The van der Waals surface area contributed by atoms with Gasteiger partial charge in [-0.1, -0.05) is 19.1 Å². The maximum atomic E-state index is 13.0. The topological polar surface area (TPSA) is 47.3 Å². The van der Waals surface area contributed by atoms with Gasteiger partial charge in [-0.05, 0) is 49.3 Å². The predicted octanol–water partition coefficient (Wildman–Crippen LogP) is 2.93. The van der Waals surface area contributed by atoms with Crippen molar-refractivity contribution in [3.8, 4) is 0 Å². The first kappa shape index (κ1) is 14.4. The molecule has 0 bridgehead atoms. The van der Waals surface area contributed by atoms with E-state index in [-0.39, 0.29) is 17.5 Å². The largest absolute Gasteiger partial charge is 0.376 e. The van der Waals surface area contributed by atoms with E-state index in [9.17, 15) is 4.39 Å². The molecular weight excluding hydrogens is 243 g/mol. The van der Waals surface area contributed by atoms with Crippen molar-refractivity contribution in [2.24, 2.45) is 11.8 Å². The first-order chi connectivity index (χ1) is 9.11. The van der Waals surface area contributed by atoms with E-state index in [1.165, 1.54) is 12.1 Å². The van der Waals surface area contributed by atoms with Crippen LogP contribution in [0.25, 0.3) is 0 Å². The number of benzene rings is 1. The number of nitrogens with two attached hydrogens (primary N) is 1. The molecule has 3 nitrogen and oxygen atoms in total. The van der Waals surface area contributed by atoms with Gasteiger partial charge in [0.05, 0.1) is 11.6 Å². The van der Waals surface area contributed by atoms with Crippen LogP contribution in [0.4, 0.5) is 4.39 Å². The first-order valence-corrected chi connectivity index (χ1v) is 6.88. The molecule has 1 unspecified atom stereocenters. The highest BCUT2D eigenvalue weighted by Crippen LogP contribution is 2.42. The lowest BCUT2D eigenvalue weighted by atomic mass is 9.73. The fraction of sp³-hybridized carbons (Fsp3) is 0.600. The Kier molecular flexibility index (Phi) is 4.55. The zero-order valence-corrected chi connectivity index (χ0v) is 11.7. The second-order valence-corrected chi connectivity index (χ2v) is 5.60. The van der Waals surface area contributed by atoms with Gasteiger partial charge in [0.25, 0.3) is 0 Å². The lowest BCUT2D eigenvalue weighted by Crippen LogP contribution is -2.49. The molecule has 0 saturated heterocycles. The fourth-order valence-electron chi connectivity index (χ4n) is 3.07. The fourth-order valence-corrected chi connectivity index (χ4v) is 3.07. The van der Waals surface area contributed by atoms with Gasteiger partial charge in [0.15, 0.2) is 0 Å². The Labute approximate surface area is 114 Å². The summed E-state index contributed by atoms with van der Waals surface area (Å²) in [6, 6.07) is 6.38. The minimum Gasteiger partial charge on any atom is -0.376 e. The zero-order valence-electron chi connectivity index (χ0n) is 11.7. The van der Waals surface area contributed by atoms with Crippen molar-refractivity contribution in [3.05, 3.63) is 35.6 Å². The molecule has 0 heterocycles. The summed E-state index contributed by atoms with van der Waals surface area (Å²) < 4.78 is 18.9. The van der Waals surface area contributed by atoms with Crippen LogP contribution in [0.2, 0.25) is 0 Å². The monoisotopic (exact) mass is 266 g/mol. The van der Waals surface area contributed by atoms with Crippen LogP contribution in [0.1, 0.15) is 44.2 Å². The zero-order chi connectivity index (χ0) is 13.9. The van der Waals surface area contributed by atoms with E-state index in [4.69, 9.17) is 10.6 Å². The Balaban J connectivity index is 2.25. The number of hydrazine groups is 1. The van der Waals surface area contributed by atoms with Gasteiger partial charge in [0.2, 0.25) is 0 Å². The van der Waals surface area contributed by atoms with Gasteiger partial charge in [-0.15, -0.1) is 0 Å². The Morgan fingerprint density at radius 2 is 1.89 bits per heavy atom. The molecule has 0 aromatic heterocycles. The molecule has 0 radical (unpaired) electrons. The molecule has 4 heteroatoms. The highest BCUT2D eigenvalue weighted by atomic mass is 19.1. The Morgan fingerprint density at radius 1 is 1.32 bits per heavy atom. The normalized spacial score (nSPS) is 29.2. The van der Waals surface area contributed by atoms with Crippen molar-refractivity contribution in [2.75, 3.05) is 7.11 Å². The van der Waals surface area contributed by atoms with Crippen LogP contribution in [0.3, 0.4) is 0 Å². The second-order valence-electron chi connectivity index (χ2n) is 5.60. The van der Waals surface area contributed by atoms with Crippen LogP contribution in [0, 0.1) is 11.7 Å². The molecule has 106 valence electrons. The third-order valence-electron chi connectivity index (χ3n) is 4.42. The molecule has 1 fully saturated rings. The van der Waals surface area contributed by atoms with Crippen molar-refractivity contribution in [3.63, 3.8) is 0 Å². The van der Waals surface area contributed by atoms with E-state index in [1.807, 2.05) is 0 Å². The Morgan fingerprint density at radius 3 is 2.37 bits per heavy atom. The third-order valence-corrected chi connectivity index (χ3v) is 4.42. The maximum absolute atomic E-state index is 13.0. The van der Waals surface area contributed by atoms with Gasteiger partial charge in [0, 0.05) is 7.11 Å². The first-order valence-electron chi connectivity index (χ1n) is 6.88. The number of nitrogens with one attached hydrogen (secondary N) is 1. The Hall–Kier alpha value is -0.970. The highest BCUT2D eigenvalue weighted by Gasteiger charge is 2.41. The van der Waals surface area contributed by atoms with Gasteiger partial charge < -0.3 is 4.74 Å². The molecule has 19 heavy (non-hydrogen) atoms. The molecule has 1 atom stereocenters. The average Bonchev–Trinajstić information content (AvgIpc) is 2.44. The summed E-state index contributed by atoms with van der Waals surface area (Å²) in [5.41, 5.74) is 3.55. The SMILES string of the molecule is COC1(C(NN)c2ccc(F)cc2)CCC(C)CC1. The molecule has 3 N–H and O–H groups in total. The van der Waals surface area contributed by atoms with E-state index in [0.717, 1.165) is 37.2 Å². The van der Waals surface area contributed by atoms with Crippen LogP contribution in [-0.2, 0) is 4.74 Å². The van der Waals surface area contributed by atoms with Crippen LogP contribution >= 0.6 is 0 Å². The molecule has 1 aromatic rings. The van der Waals surface area contributed by atoms with Crippen molar-refractivity contribution in [1.82, 2.24) is 5.43 Å². The lowest BCUT2D eigenvalue weighted by Gasteiger charge is -2.44. The molecular formula is C15H23FN2O. The maximum Gasteiger partial charge on any atom is 0.123 e. The van der Waals surface area contributed by atoms with Gasteiger partial charge in [-0.25, -0.2) is 4.39 Å². The van der Waals surface area contributed by atoms with Crippen LogP contribution in [0.15, 0.2) is 24.3 Å². The number of rotatable bonds is 4. The molecule has 1 aliphatic carbocycles. The van der Waals surface area contributed by atoms with E-state index < -0.39 is 0 Å². The summed E-state index contributed by atoms with van der Waals surface area (Å²) in [6.07, 6.45) is 4.20. The van der Waals surface area contributed by atoms with E-state index in [2.05, 4.69) is 12.3 Å². The second kappa shape index (κ2) is 5.99. The lowest BCUT2D eigenvalue weighted by molar-refractivity contribution is -0.0761. The number of hydrogen-bond donors (Lipinski definition) is 2. The van der Waals surface area contributed by atoms with Gasteiger partial charge in [-0.3, -0.25) is 11.3 Å². The molecule has 1 aliphatic rings. The van der Waals surface area contributed by atoms with Crippen molar-refractivity contribution < 1.29 is 9.13 Å². The van der Waals surface area contributed by atoms with Crippen LogP contribution < -0.4 is 11.3 Å². The summed E-state index contributed by atoms with van der Waals surface area (Å²) in [5, 5.41) is 0. The molecule has 2 rings (SSSR count). The van der Waals surface area contributed by atoms with Gasteiger partial charge in [0.1, 0.15) is 5.82 Å². The standard InChI is InChI=1S/C15H23FN2O/c1-11-7-9-15(19-2,10-8-11)14(18-17)12-3-5-13(16)6-4-12/h3-6,11,14,18H,7-10,17H2,1-2H3. The summed E-state index contributed by atoms with van der Waals surface area (Å²) in [4.78, 5) is 0. The van der Waals surface area contributed by atoms with Crippen LogP contribution in [-0.4, -0.2) is 12.7 Å². The number of halogens is 1. The molecule has 0 spiro atoms. The molecule has 0 aliphatic heterocycles.